The van der Waals surface area contributed by atoms with E-state index in [1.807, 2.05) is 44.8 Å². The fraction of sp³-hybridized carbons (Fsp3) is 0.912. The molecule has 1 N–H and O–H groups in total. The Morgan fingerprint density at radius 2 is 1.74 bits per heavy atom. The highest BCUT2D eigenvalue weighted by Crippen LogP contribution is 2.38. The first-order valence-electron chi connectivity index (χ1n) is 17.1. The lowest BCUT2D eigenvalue weighted by atomic mass is 9.74. The van der Waals surface area contributed by atoms with Crippen molar-refractivity contribution in [1.29, 1.82) is 0 Å². The number of cyclic esters (lactones) is 1. The fourth-order valence-corrected chi connectivity index (χ4v) is 7.85. The van der Waals surface area contributed by atoms with Gasteiger partial charge in [0.25, 0.3) is 0 Å². The van der Waals surface area contributed by atoms with E-state index in [1.165, 1.54) is 0 Å². The third-order valence-corrected chi connectivity index (χ3v) is 11.0. The highest BCUT2D eigenvalue weighted by atomic mass is 16.7. The molecule has 0 radical (unpaired) electrons. The second-order valence-corrected chi connectivity index (χ2v) is 15.5. The SMILES string of the molecule is CO[C@]1(C)C[C@@H](C)CN(C)[C@H](C2CN(C(=O)CN3CCC3)C2)COC(=O)C(C)(C)C(=O)[C@H](C)[C@H]1O[C@H]1O[C@H](C)C[C@H](N(C)C)[C@H]1O. The number of aliphatic hydroxyl groups is 1. The van der Waals surface area contributed by atoms with Gasteiger partial charge in [0.15, 0.2) is 12.1 Å². The van der Waals surface area contributed by atoms with Crippen LogP contribution in [0.4, 0.5) is 0 Å². The Morgan fingerprint density at radius 3 is 2.30 bits per heavy atom. The van der Waals surface area contributed by atoms with Gasteiger partial charge in [-0.15, -0.1) is 0 Å². The van der Waals surface area contributed by atoms with Crippen LogP contribution in [0.15, 0.2) is 0 Å². The second kappa shape index (κ2) is 14.8. The molecule has 264 valence electrons. The van der Waals surface area contributed by atoms with Crippen LogP contribution in [-0.4, -0.2) is 159 Å². The standard InChI is InChI=1S/C34H60N4O8/c1-21-15-34(6,43-10)30(46-31-28(40)25(35(7)8)14-22(2)45-31)23(3)29(41)33(4,5)32(42)44-20-26(36(9)16-21)24-17-38(18-24)27(39)19-37-12-11-13-37/h21-26,28,30-31,40H,11-20H2,1-10H3/t21-,22-,23+,25+,26+,28-,30-,31-,34-/m1/s1. The first-order valence-corrected chi connectivity index (χ1v) is 17.1. The number of methoxy groups -OCH3 is 1. The van der Waals surface area contributed by atoms with Gasteiger partial charge in [-0.25, -0.2) is 0 Å². The molecule has 1 amide bonds. The zero-order valence-electron chi connectivity index (χ0n) is 29.9. The van der Waals surface area contributed by atoms with Crippen LogP contribution in [0.3, 0.4) is 0 Å². The molecule has 9 atom stereocenters. The van der Waals surface area contributed by atoms with Crippen molar-refractivity contribution in [3.05, 3.63) is 0 Å². The molecule has 12 nitrogen and oxygen atoms in total. The predicted octanol–water partition coefficient (Wildman–Crippen LogP) is 1.48. The van der Waals surface area contributed by atoms with E-state index < -0.39 is 41.4 Å². The average molecular weight is 653 g/mol. The monoisotopic (exact) mass is 652 g/mol. The molecular weight excluding hydrogens is 592 g/mol. The van der Waals surface area contributed by atoms with Crippen molar-refractivity contribution >= 4 is 17.7 Å². The number of likely N-dealkylation sites (tertiary alicyclic amines) is 2. The van der Waals surface area contributed by atoms with Crippen molar-refractivity contribution in [3.63, 3.8) is 0 Å². The van der Waals surface area contributed by atoms with Crippen molar-refractivity contribution in [2.75, 3.05) is 74.1 Å². The number of hydrogen-bond donors (Lipinski definition) is 1. The van der Waals surface area contributed by atoms with Gasteiger partial charge in [-0.3, -0.25) is 24.2 Å². The molecule has 0 spiro atoms. The Labute approximate surface area is 276 Å². The molecule has 0 unspecified atom stereocenters. The van der Waals surface area contributed by atoms with Gasteiger partial charge < -0.3 is 33.9 Å². The van der Waals surface area contributed by atoms with Gasteiger partial charge in [-0.1, -0.05) is 13.8 Å². The molecule has 0 aromatic carbocycles. The summed E-state index contributed by atoms with van der Waals surface area (Å²) in [5, 5.41) is 11.3. The maximum atomic E-state index is 14.2. The van der Waals surface area contributed by atoms with Crippen LogP contribution in [0.5, 0.6) is 0 Å². The second-order valence-electron chi connectivity index (χ2n) is 15.5. The maximum Gasteiger partial charge on any atom is 0.319 e. The third-order valence-electron chi connectivity index (χ3n) is 11.0. The summed E-state index contributed by atoms with van der Waals surface area (Å²) in [5.74, 6) is -1.29. The largest absolute Gasteiger partial charge is 0.463 e. The number of ketones is 1. The fourth-order valence-electron chi connectivity index (χ4n) is 7.85. The minimum atomic E-state index is -1.46. The molecule has 4 aliphatic heterocycles. The lowest BCUT2D eigenvalue weighted by molar-refractivity contribution is -0.295. The Balaban J connectivity index is 1.58. The van der Waals surface area contributed by atoms with E-state index in [4.69, 9.17) is 18.9 Å². The molecule has 0 bridgehead atoms. The van der Waals surface area contributed by atoms with Crippen molar-refractivity contribution in [2.45, 2.75) is 103 Å². The number of nitrogens with zero attached hydrogens (tertiary/aromatic N) is 4. The van der Waals surface area contributed by atoms with Crippen molar-refractivity contribution < 1.29 is 38.4 Å². The summed E-state index contributed by atoms with van der Waals surface area (Å²) in [5.41, 5.74) is -2.41. The van der Waals surface area contributed by atoms with Gasteiger partial charge in [0, 0.05) is 50.7 Å². The van der Waals surface area contributed by atoms with Crippen LogP contribution in [-0.2, 0) is 33.3 Å². The van der Waals surface area contributed by atoms with Crippen molar-refractivity contribution in [1.82, 2.24) is 19.6 Å². The van der Waals surface area contributed by atoms with Crippen LogP contribution >= 0.6 is 0 Å². The lowest BCUT2D eigenvalue weighted by Gasteiger charge is -2.48. The number of carbonyl (C=O) groups excluding carboxylic acids is 3. The Kier molecular flexibility index (Phi) is 12.0. The minimum absolute atomic E-state index is 0.102. The number of likely N-dealkylation sites (N-methyl/N-ethyl adjacent to an activating group) is 2. The quantitative estimate of drug-likeness (QED) is 0.318. The van der Waals surface area contributed by atoms with Crippen LogP contribution in [0.25, 0.3) is 0 Å². The van der Waals surface area contributed by atoms with Crippen LogP contribution in [0.1, 0.15) is 60.8 Å². The molecule has 4 fully saturated rings. The van der Waals surface area contributed by atoms with E-state index in [0.29, 0.717) is 39.0 Å². The highest BCUT2D eigenvalue weighted by molar-refractivity contribution is 6.04. The number of Topliss-reactive ketones (excluding diaryl/α,β-unsaturated/α-hetero) is 1. The van der Waals surface area contributed by atoms with E-state index in [-0.39, 0.29) is 48.3 Å². The Hall–Kier alpha value is -1.67. The summed E-state index contributed by atoms with van der Waals surface area (Å²) < 4.78 is 24.9. The zero-order chi connectivity index (χ0) is 34.1. The number of rotatable bonds is 7. The van der Waals surface area contributed by atoms with Crippen LogP contribution in [0.2, 0.25) is 0 Å². The molecule has 0 saturated carbocycles. The number of hydrogen-bond acceptors (Lipinski definition) is 11. The topological polar surface area (TPSA) is 121 Å². The molecule has 4 aliphatic rings. The summed E-state index contributed by atoms with van der Waals surface area (Å²) >= 11 is 0. The van der Waals surface area contributed by atoms with Gasteiger partial charge in [0.2, 0.25) is 5.91 Å². The van der Waals surface area contributed by atoms with E-state index in [9.17, 15) is 19.5 Å². The summed E-state index contributed by atoms with van der Waals surface area (Å²) in [4.78, 5) is 48.9. The van der Waals surface area contributed by atoms with E-state index in [2.05, 4.69) is 16.7 Å². The van der Waals surface area contributed by atoms with E-state index in [1.54, 1.807) is 27.9 Å². The summed E-state index contributed by atoms with van der Waals surface area (Å²) in [6.07, 6.45) is -0.578. The summed E-state index contributed by atoms with van der Waals surface area (Å²) in [6.45, 7) is 15.5. The molecule has 0 aromatic rings. The van der Waals surface area contributed by atoms with Gasteiger partial charge in [0.1, 0.15) is 18.1 Å². The van der Waals surface area contributed by atoms with Gasteiger partial charge >= 0.3 is 5.97 Å². The number of ether oxygens (including phenoxy) is 4. The van der Waals surface area contributed by atoms with Crippen LogP contribution in [0, 0.1) is 23.2 Å². The highest BCUT2D eigenvalue weighted by Gasteiger charge is 2.52. The molecule has 4 rings (SSSR count). The molecule has 46 heavy (non-hydrogen) atoms. The zero-order valence-corrected chi connectivity index (χ0v) is 29.9. The predicted molar refractivity (Wildman–Crippen MR) is 173 cm³/mol. The first kappa shape index (κ1) is 37.2. The lowest BCUT2D eigenvalue weighted by Crippen LogP contribution is -2.61. The molecular formula is C34H60N4O8. The Morgan fingerprint density at radius 1 is 1.09 bits per heavy atom. The molecule has 4 saturated heterocycles. The van der Waals surface area contributed by atoms with Crippen molar-refractivity contribution in [2.24, 2.45) is 23.2 Å². The van der Waals surface area contributed by atoms with E-state index in [0.717, 1.165) is 19.5 Å². The molecule has 0 aliphatic carbocycles. The molecule has 4 heterocycles. The number of carbonyl (C=O) groups is 3. The van der Waals surface area contributed by atoms with Crippen molar-refractivity contribution in [3.8, 4) is 0 Å². The smallest absolute Gasteiger partial charge is 0.319 e. The number of esters is 1. The van der Waals surface area contributed by atoms with Gasteiger partial charge in [-0.2, -0.15) is 0 Å². The first-order chi connectivity index (χ1) is 21.5. The van der Waals surface area contributed by atoms with Gasteiger partial charge in [0.05, 0.1) is 24.4 Å². The normalized spacial score (nSPS) is 39.1. The minimum Gasteiger partial charge on any atom is -0.463 e. The maximum absolute atomic E-state index is 14.2. The number of aliphatic hydroxyl groups excluding tert-OH is 1. The molecule has 12 heteroatoms. The average Bonchev–Trinajstić information content (AvgIpc) is 2.94. The van der Waals surface area contributed by atoms with E-state index >= 15 is 0 Å². The third kappa shape index (κ3) is 7.96. The Bertz CT molecular complexity index is 1080. The van der Waals surface area contributed by atoms with Crippen LogP contribution < -0.4 is 0 Å². The number of amides is 1. The molecule has 0 aromatic heterocycles. The summed E-state index contributed by atoms with van der Waals surface area (Å²) in [6, 6.07) is -0.299. The van der Waals surface area contributed by atoms with Gasteiger partial charge in [-0.05, 0) is 87.1 Å². The summed E-state index contributed by atoms with van der Waals surface area (Å²) in [7, 11) is 7.48.